The minimum atomic E-state index is -0.0797. The van der Waals surface area contributed by atoms with Crippen LogP contribution in [0.25, 0.3) is 0 Å². The number of amides is 1. The highest BCUT2D eigenvalue weighted by molar-refractivity contribution is 7.99. The fraction of sp³-hybridized carbons (Fsp3) is 0.467. The predicted octanol–water partition coefficient (Wildman–Crippen LogP) is 0.773. The van der Waals surface area contributed by atoms with Crippen LogP contribution in [0.15, 0.2) is 29.4 Å². The third-order valence-corrected chi connectivity index (χ3v) is 4.67. The number of carbonyl (C=O) groups is 1. The number of hydrogen-bond acceptors (Lipinski definition) is 7. The molecular weight excluding hydrogens is 328 g/mol. The molecular formula is C15H20N6O2S. The Balaban J connectivity index is 1.46. The molecule has 2 aromatic rings. The fourth-order valence-corrected chi connectivity index (χ4v) is 3.03. The smallest absolute Gasteiger partial charge is 0.234 e. The van der Waals surface area contributed by atoms with Gasteiger partial charge in [0, 0.05) is 32.4 Å². The van der Waals surface area contributed by atoms with Crippen molar-refractivity contribution in [3.8, 4) is 0 Å². The van der Waals surface area contributed by atoms with E-state index in [1.165, 1.54) is 17.3 Å². The first-order chi connectivity index (χ1) is 11.7. The number of aryl methyl sites for hydroxylation is 1. The van der Waals surface area contributed by atoms with Crippen molar-refractivity contribution in [2.45, 2.75) is 11.7 Å². The summed E-state index contributed by atoms with van der Waals surface area (Å²) in [5.74, 6) is 0.188. The van der Waals surface area contributed by atoms with Crippen molar-refractivity contribution >= 4 is 23.4 Å². The van der Waals surface area contributed by atoms with Gasteiger partial charge in [-0.2, -0.15) is 0 Å². The van der Waals surface area contributed by atoms with E-state index >= 15 is 0 Å². The number of thioether (sulfide) groups is 1. The van der Waals surface area contributed by atoms with Gasteiger partial charge in [0.2, 0.25) is 11.1 Å². The highest BCUT2D eigenvalue weighted by Crippen LogP contribution is 2.15. The molecule has 0 saturated carbocycles. The Morgan fingerprint density at radius 2 is 2.04 bits per heavy atom. The van der Waals surface area contributed by atoms with E-state index in [0.717, 1.165) is 38.5 Å². The van der Waals surface area contributed by atoms with E-state index < -0.39 is 0 Å². The molecule has 1 N–H and O–H groups in total. The number of tetrazole rings is 1. The zero-order chi connectivity index (χ0) is 16.8. The van der Waals surface area contributed by atoms with E-state index in [0.29, 0.717) is 5.16 Å². The molecule has 0 radical (unpaired) electrons. The number of hydrogen-bond donors (Lipinski definition) is 1. The van der Waals surface area contributed by atoms with E-state index in [9.17, 15) is 4.79 Å². The molecule has 0 bridgehead atoms. The Bertz CT molecular complexity index is 669. The van der Waals surface area contributed by atoms with Gasteiger partial charge in [-0.05, 0) is 28.1 Å². The first-order valence-corrected chi connectivity index (χ1v) is 8.73. The van der Waals surface area contributed by atoms with Crippen LogP contribution in [0.1, 0.15) is 5.56 Å². The molecule has 1 aliphatic rings. The second kappa shape index (κ2) is 8.22. The average molecular weight is 348 g/mol. The van der Waals surface area contributed by atoms with Gasteiger partial charge in [0.05, 0.1) is 19.0 Å². The summed E-state index contributed by atoms with van der Waals surface area (Å²) in [6, 6.07) is 7.96. The highest BCUT2D eigenvalue weighted by atomic mass is 32.2. The lowest BCUT2D eigenvalue weighted by atomic mass is 10.2. The van der Waals surface area contributed by atoms with Gasteiger partial charge in [0.15, 0.2) is 0 Å². The third kappa shape index (κ3) is 4.76. The number of anilines is 1. The summed E-state index contributed by atoms with van der Waals surface area (Å²) < 4.78 is 6.89. The van der Waals surface area contributed by atoms with Crippen molar-refractivity contribution in [1.29, 1.82) is 0 Å². The van der Waals surface area contributed by atoms with Gasteiger partial charge in [-0.3, -0.25) is 9.69 Å². The second-order valence-corrected chi connectivity index (χ2v) is 6.45. The molecule has 8 nitrogen and oxygen atoms in total. The van der Waals surface area contributed by atoms with Crippen LogP contribution < -0.4 is 5.32 Å². The summed E-state index contributed by atoms with van der Waals surface area (Å²) in [4.78, 5) is 14.4. The SMILES string of the molecule is Cn1nnnc1SCC(=O)Nc1ccc(CN2CCOCC2)cc1. The van der Waals surface area contributed by atoms with Gasteiger partial charge in [0.25, 0.3) is 0 Å². The molecule has 0 atom stereocenters. The molecule has 3 rings (SSSR count). The zero-order valence-corrected chi connectivity index (χ0v) is 14.3. The molecule has 128 valence electrons. The molecule has 9 heteroatoms. The fourth-order valence-electron chi connectivity index (χ4n) is 2.38. The Kier molecular flexibility index (Phi) is 5.78. The molecule has 1 aromatic heterocycles. The average Bonchev–Trinajstić information content (AvgIpc) is 3.01. The Morgan fingerprint density at radius 1 is 1.29 bits per heavy atom. The van der Waals surface area contributed by atoms with E-state index in [-0.39, 0.29) is 11.7 Å². The van der Waals surface area contributed by atoms with Gasteiger partial charge in [-0.25, -0.2) is 4.68 Å². The molecule has 24 heavy (non-hydrogen) atoms. The van der Waals surface area contributed by atoms with Crippen molar-refractivity contribution < 1.29 is 9.53 Å². The van der Waals surface area contributed by atoms with Crippen molar-refractivity contribution in [1.82, 2.24) is 25.1 Å². The molecule has 2 heterocycles. The van der Waals surface area contributed by atoms with Crippen molar-refractivity contribution in [3.05, 3.63) is 29.8 Å². The lowest BCUT2D eigenvalue weighted by molar-refractivity contribution is -0.113. The number of ether oxygens (including phenoxy) is 1. The highest BCUT2D eigenvalue weighted by Gasteiger charge is 2.11. The molecule has 1 aliphatic heterocycles. The van der Waals surface area contributed by atoms with Gasteiger partial charge in [0.1, 0.15) is 0 Å². The summed E-state index contributed by atoms with van der Waals surface area (Å²) in [5.41, 5.74) is 2.02. The van der Waals surface area contributed by atoms with E-state index in [2.05, 4.69) is 25.7 Å². The van der Waals surface area contributed by atoms with Crippen LogP contribution in [-0.4, -0.2) is 63.1 Å². The van der Waals surface area contributed by atoms with Crippen molar-refractivity contribution in [2.75, 3.05) is 37.4 Å². The Labute approximate surface area is 144 Å². The number of nitrogens with one attached hydrogen (secondary N) is 1. The van der Waals surface area contributed by atoms with Gasteiger partial charge in [-0.1, -0.05) is 23.9 Å². The van der Waals surface area contributed by atoms with Crippen LogP contribution >= 0.6 is 11.8 Å². The van der Waals surface area contributed by atoms with Crippen LogP contribution in [0.5, 0.6) is 0 Å². The number of rotatable bonds is 6. The Morgan fingerprint density at radius 3 is 2.71 bits per heavy atom. The van der Waals surface area contributed by atoms with Crippen LogP contribution in [0.4, 0.5) is 5.69 Å². The Hall–Kier alpha value is -1.97. The van der Waals surface area contributed by atoms with E-state index in [1.54, 1.807) is 11.7 Å². The summed E-state index contributed by atoms with van der Waals surface area (Å²) in [5, 5.41) is 14.6. The lowest BCUT2D eigenvalue weighted by Crippen LogP contribution is -2.35. The lowest BCUT2D eigenvalue weighted by Gasteiger charge is -2.26. The summed E-state index contributed by atoms with van der Waals surface area (Å²) >= 11 is 1.30. The van der Waals surface area contributed by atoms with E-state index in [4.69, 9.17) is 4.74 Å². The number of morpholine rings is 1. The maximum Gasteiger partial charge on any atom is 0.234 e. The normalized spacial score (nSPS) is 15.4. The number of carbonyl (C=O) groups excluding carboxylic acids is 1. The van der Waals surface area contributed by atoms with Crippen molar-refractivity contribution in [2.24, 2.45) is 7.05 Å². The second-order valence-electron chi connectivity index (χ2n) is 5.51. The molecule has 1 fully saturated rings. The monoisotopic (exact) mass is 348 g/mol. The van der Waals surface area contributed by atoms with E-state index in [1.807, 2.05) is 24.3 Å². The number of benzene rings is 1. The summed E-state index contributed by atoms with van der Waals surface area (Å²) in [6.45, 7) is 4.44. The third-order valence-electron chi connectivity index (χ3n) is 3.66. The van der Waals surface area contributed by atoms with Crippen LogP contribution in [0.3, 0.4) is 0 Å². The van der Waals surface area contributed by atoms with Crippen LogP contribution in [-0.2, 0) is 23.1 Å². The standard InChI is InChI=1S/C15H20N6O2S/c1-20-15(17-18-19-20)24-11-14(22)16-13-4-2-12(3-5-13)10-21-6-8-23-9-7-21/h2-5H,6-11H2,1H3,(H,16,22). The molecule has 0 unspecified atom stereocenters. The largest absolute Gasteiger partial charge is 0.379 e. The molecule has 0 aliphatic carbocycles. The molecule has 1 aromatic carbocycles. The maximum atomic E-state index is 12.0. The number of nitrogens with zero attached hydrogens (tertiary/aromatic N) is 5. The minimum absolute atomic E-state index is 0.0797. The van der Waals surface area contributed by atoms with Gasteiger partial charge >= 0.3 is 0 Å². The van der Waals surface area contributed by atoms with Crippen molar-refractivity contribution in [3.63, 3.8) is 0 Å². The van der Waals surface area contributed by atoms with Crippen LogP contribution in [0.2, 0.25) is 0 Å². The number of aromatic nitrogens is 4. The zero-order valence-electron chi connectivity index (χ0n) is 13.5. The molecule has 1 amide bonds. The topological polar surface area (TPSA) is 85.2 Å². The maximum absolute atomic E-state index is 12.0. The summed E-state index contributed by atoms with van der Waals surface area (Å²) in [6.07, 6.45) is 0. The predicted molar refractivity (Wildman–Crippen MR) is 90.7 cm³/mol. The molecule has 1 saturated heterocycles. The minimum Gasteiger partial charge on any atom is -0.379 e. The first-order valence-electron chi connectivity index (χ1n) is 7.75. The van der Waals surface area contributed by atoms with Crippen LogP contribution in [0, 0.1) is 0 Å². The van der Waals surface area contributed by atoms with Gasteiger partial charge < -0.3 is 10.1 Å². The summed E-state index contributed by atoms with van der Waals surface area (Å²) in [7, 11) is 1.74. The molecule has 0 spiro atoms. The van der Waals surface area contributed by atoms with Gasteiger partial charge in [-0.15, -0.1) is 5.10 Å². The first kappa shape index (κ1) is 16.9. The quantitative estimate of drug-likeness (QED) is 0.772.